The number of aryl methyl sites for hydroxylation is 3. The van der Waals surface area contributed by atoms with Gasteiger partial charge in [-0.2, -0.15) is 5.10 Å². The number of primary amides is 2. The first-order chi connectivity index (χ1) is 21.5. The molecule has 0 saturated carbocycles. The predicted molar refractivity (Wildman–Crippen MR) is 164 cm³/mol. The molecule has 0 atom stereocenters. The minimum absolute atomic E-state index is 0.0330. The summed E-state index contributed by atoms with van der Waals surface area (Å²) < 4.78 is 14.5. The fourth-order valence-corrected chi connectivity index (χ4v) is 5.15. The molecule has 5 rings (SSSR count). The highest BCUT2D eigenvalue weighted by Crippen LogP contribution is 2.46. The maximum Gasteiger partial charge on any atom is 0.297 e. The Hall–Kier alpha value is -5.93. The van der Waals surface area contributed by atoms with E-state index in [0.717, 1.165) is 6.07 Å². The number of aromatic nitrogens is 4. The summed E-state index contributed by atoms with van der Waals surface area (Å²) in [6.45, 7) is 6.62. The minimum Gasteiger partial charge on any atom is -0.485 e. The number of carbonyl (C=O) groups is 3. The Morgan fingerprint density at radius 2 is 1.80 bits per heavy atom. The van der Waals surface area contributed by atoms with E-state index in [4.69, 9.17) is 20.9 Å². The molecule has 0 radical (unpaired) electrons. The highest BCUT2D eigenvalue weighted by Gasteiger charge is 2.31. The van der Waals surface area contributed by atoms with Gasteiger partial charge in [0.15, 0.2) is 17.2 Å². The van der Waals surface area contributed by atoms with Crippen molar-refractivity contribution in [3.8, 4) is 11.5 Å². The summed E-state index contributed by atoms with van der Waals surface area (Å²) in [5.41, 5.74) is 13.6. The van der Waals surface area contributed by atoms with E-state index >= 15 is 0 Å². The Kier molecular flexibility index (Phi) is 8.38. The van der Waals surface area contributed by atoms with Crippen LogP contribution >= 0.6 is 0 Å². The van der Waals surface area contributed by atoms with Crippen LogP contribution in [0.15, 0.2) is 36.4 Å². The number of ether oxygens (including phenoxy) is 2. The minimum atomic E-state index is -0.880. The van der Waals surface area contributed by atoms with Gasteiger partial charge in [-0.05, 0) is 44.5 Å². The van der Waals surface area contributed by atoms with Gasteiger partial charge in [0.25, 0.3) is 17.5 Å². The number of fused-ring (bicyclic) bond motifs is 2. The normalized spacial score (nSPS) is 12.4. The number of nitro groups is 1. The number of benzene rings is 2. The average Bonchev–Trinajstić information content (AvgIpc) is 3.55. The van der Waals surface area contributed by atoms with Crippen molar-refractivity contribution in [2.24, 2.45) is 11.5 Å². The van der Waals surface area contributed by atoms with Crippen molar-refractivity contribution in [3.63, 3.8) is 0 Å². The molecule has 0 spiro atoms. The molecular weight excluding hydrogens is 586 g/mol. The molecule has 16 nitrogen and oxygen atoms in total. The largest absolute Gasteiger partial charge is 0.485 e. The number of anilines is 2. The number of amides is 3. The van der Waals surface area contributed by atoms with Crippen LogP contribution in [0.5, 0.6) is 11.5 Å². The van der Waals surface area contributed by atoms with Gasteiger partial charge < -0.3 is 30.8 Å². The number of rotatable bonds is 11. The van der Waals surface area contributed by atoms with Gasteiger partial charge in [-0.15, -0.1) is 0 Å². The number of allylic oxidation sites excluding steroid dienone is 1. The van der Waals surface area contributed by atoms with Crippen molar-refractivity contribution < 1.29 is 28.8 Å². The van der Waals surface area contributed by atoms with Gasteiger partial charge in [0, 0.05) is 31.3 Å². The van der Waals surface area contributed by atoms with Crippen LogP contribution in [-0.2, 0) is 13.1 Å². The van der Waals surface area contributed by atoms with Gasteiger partial charge in [-0.1, -0.05) is 12.2 Å². The summed E-state index contributed by atoms with van der Waals surface area (Å²) >= 11 is 0. The lowest BCUT2D eigenvalue weighted by Gasteiger charge is -2.23. The van der Waals surface area contributed by atoms with Gasteiger partial charge in [-0.3, -0.25) is 34.5 Å². The first-order valence-corrected chi connectivity index (χ1v) is 14.0. The van der Waals surface area contributed by atoms with Crippen LogP contribution in [-0.4, -0.2) is 61.7 Å². The second kappa shape index (κ2) is 12.4. The van der Waals surface area contributed by atoms with Crippen LogP contribution < -0.4 is 31.6 Å². The lowest BCUT2D eigenvalue weighted by Crippen LogP contribution is -2.22. The molecular formula is C29H31N9O7. The zero-order valence-corrected chi connectivity index (χ0v) is 24.7. The van der Waals surface area contributed by atoms with E-state index in [0.29, 0.717) is 34.5 Å². The quantitative estimate of drug-likeness (QED) is 0.109. The second-order valence-corrected chi connectivity index (χ2v) is 10.2. The number of nitrogens with two attached hydrogens (primary N) is 2. The zero-order valence-electron chi connectivity index (χ0n) is 24.7. The van der Waals surface area contributed by atoms with E-state index < -0.39 is 28.3 Å². The Morgan fingerprint density at radius 3 is 2.47 bits per heavy atom. The van der Waals surface area contributed by atoms with Gasteiger partial charge in [0.2, 0.25) is 11.9 Å². The first-order valence-electron chi connectivity index (χ1n) is 14.0. The van der Waals surface area contributed by atoms with Crippen LogP contribution in [0.1, 0.15) is 49.4 Å². The average molecular weight is 618 g/mol. The SMILES string of the molecule is CCn1nc(C)cc1C(=O)Nc1nc2cc(C(N)=O)cc(C)c2n1C/C=C/CNc1c([N+](=O)[O-])cc(C(N)=O)c2c1OCCO2. The van der Waals surface area contributed by atoms with Crippen LogP contribution in [0.25, 0.3) is 11.0 Å². The van der Waals surface area contributed by atoms with E-state index in [1.165, 1.54) is 0 Å². The maximum absolute atomic E-state index is 13.3. The van der Waals surface area contributed by atoms with Crippen LogP contribution in [0.3, 0.4) is 0 Å². The molecule has 0 bridgehead atoms. The number of hydrogen-bond acceptors (Lipinski definition) is 10. The predicted octanol–water partition coefficient (Wildman–Crippen LogP) is 2.67. The molecule has 1 aliphatic heterocycles. The Balaban J connectivity index is 1.44. The van der Waals surface area contributed by atoms with Crippen LogP contribution in [0.4, 0.5) is 17.3 Å². The number of nitrogens with zero attached hydrogens (tertiary/aromatic N) is 5. The molecule has 0 aliphatic carbocycles. The van der Waals surface area contributed by atoms with Crippen molar-refractivity contribution in [2.45, 2.75) is 33.9 Å². The summed E-state index contributed by atoms with van der Waals surface area (Å²) in [5.74, 6) is -1.59. The molecule has 6 N–H and O–H groups in total. The van der Waals surface area contributed by atoms with Crippen molar-refractivity contribution in [2.75, 3.05) is 30.4 Å². The van der Waals surface area contributed by atoms with E-state index in [1.54, 1.807) is 53.4 Å². The number of imidazole rings is 1. The smallest absolute Gasteiger partial charge is 0.297 e. The summed E-state index contributed by atoms with van der Waals surface area (Å²) in [5, 5.41) is 22.0. The fraction of sp³-hybridized carbons (Fsp3) is 0.276. The molecule has 234 valence electrons. The molecule has 2 aromatic carbocycles. The topological polar surface area (TPSA) is 225 Å². The summed E-state index contributed by atoms with van der Waals surface area (Å²) in [6.07, 6.45) is 3.50. The Bertz CT molecular complexity index is 1890. The van der Waals surface area contributed by atoms with Crippen LogP contribution in [0.2, 0.25) is 0 Å². The second-order valence-electron chi connectivity index (χ2n) is 10.2. The fourth-order valence-electron chi connectivity index (χ4n) is 5.15. The van der Waals surface area contributed by atoms with Gasteiger partial charge in [0.05, 0.1) is 27.2 Å². The third-order valence-corrected chi connectivity index (χ3v) is 7.08. The maximum atomic E-state index is 13.3. The van der Waals surface area contributed by atoms with Crippen LogP contribution in [0, 0.1) is 24.0 Å². The van der Waals surface area contributed by atoms with Crippen molar-refractivity contribution in [1.82, 2.24) is 19.3 Å². The first kappa shape index (κ1) is 30.5. The van der Waals surface area contributed by atoms with E-state index in [-0.39, 0.29) is 60.6 Å². The molecule has 1 aliphatic rings. The summed E-state index contributed by atoms with van der Waals surface area (Å²) in [7, 11) is 0. The number of hydrogen-bond donors (Lipinski definition) is 4. The molecule has 3 heterocycles. The monoisotopic (exact) mass is 617 g/mol. The lowest BCUT2D eigenvalue weighted by atomic mass is 10.1. The molecule has 2 aromatic heterocycles. The standard InChI is InChI=1S/C29H31N9O7/c1-4-37-21(12-16(3)35-37)28(41)34-29-33-19-13-17(26(30)39)11-15(2)23(19)36(29)8-6-5-7-32-22-20(38(42)43)14-18(27(31)40)24-25(22)45-10-9-44-24/h5-6,11-14,32H,4,7-10H2,1-3H3,(H2,30,39)(H2,31,40)(H,33,34,41)/b6-5+. The molecule has 3 amide bonds. The van der Waals surface area contributed by atoms with Gasteiger partial charge in [0.1, 0.15) is 18.9 Å². The highest BCUT2D eigenvalue weighted by atomic mass is 16.6. The van der Waals surface area contributed by atoms with E-state index in [2.05, 4.69) is 20.7 Å². The Labute approximate surface area is 256 Å². The third-order valence-electron chi connectivity index (χ3n) is 7.08. The molecule has 45 heavy (non-hydrogen) atoms. The third kappa shape index (κ3) is 5.97. The van der Waals surface area contributed by atoms with E-state index in [9.17, 15) is 24.5 Å². The molecule has 0 fully saturated rings. The van der Waals surface area contributed by atoms with Gasteiger partial charge >= 0.3 is 0 Å². The lowest BCUT2D eigenvalue weighted by molar-refractivity contribution is -0.384. The van der Waals surface area contributed by atoms with Crippen molar-refractivity contribution in [3.05, 3.63) is 74.6 Å². The number of carbonyl (C=O) groups excluding carboxylic acids is 3. The van der Waals surface area contributed by atoms with E-state index in [1.807, 2.05) is 6.92 Å². The number of nitrogens with one attached hydrogen (secondary N) is 2. The molecule has 4 aromatic rings. The number of nitro benzene ring substituents is 1. The van der Waals surface area contributed by atoms with Crippen molar-refractivity contribution in [1.29, 1.82) is 0 Å². The zero-order chi connectivity index (χ0) is 32.4. The molecule has 0 saturated heterocycles. The van der Waals surface area contributed by atoms with Crippen molar-refractivity contribution >= 4 is 46.1 Å². The highest BCUT2D eigenvalue weighted by molar-refractivity contribution is 6.04. The Morgan fingerprint density at radius 1 is 1.07 bits per heavy atom. The molecule has 0 unspecified atom stereocenters. The summed E-state index contributed by atoms with van der Waals surface area (Å²) in [4.78, 5) is 52.9. The molecule has 16 heteroatoms. The summed E-state index contributed by atoms with van der Waals surface area (Å²) in [6, 6.07) is 5.94. The van der Waals surface area contributed by atoms with Gasteiger partial charge in [-0.25, -0.2) is 4.98 Å².